The van der Waals surface area contributed by atoms with Gasteiger partial charge >= 0.3 is 0 Å². The number of ketones is 2. The normalized spacial score (nSPS) is 50.6. The number of rotatable bonds is 2. The predicted octanol–water partition coefficient (Wildman–Crippen LogP) is 1.85. The van der Waals surface area contributed by atoms with Crippen molar-refractivity contribution in [2.45, 2.75) is 63.9 Å². The van der Waals surface area contributed by atoms with E-state index in [0.29, 0.717) is 26.0 Å². The summed E-state index contributed by atoms with van der Waals surface area (Å²) in [4.78, 5) is 27.3. The van der Waals surface area contributed by atoms with Gasteiger partial charge in [0.2, 0.25) is 5.78 Å². The highest BCUT2D eigenvalue weighted by atomic mass is 16.5. The SMILES string of the molecule is CN1CCOC1C(=O)[C@@]1(O)CC[C@H]2[C@@H]3CCC4=CC(=O)C=C[C@]4(C)[C@H]3[C@@H](O)C[C@@]21C. The van der Waals surface area contributed by atoms with Crippen LogP contribution in [0.5, 0.6) is 0 Å². The number of hydrogen-bond acceptors (Lipinski definition) is 6. The van der Waals surface area contributed by atoms with Crippen LogP contribution in [0, 0.1) is 28.6 Å². The predicted molar refractivity (Wildman–Crippen MR) is 110 cm³/mol. The van der Waals surface area contributed by atoms with E-state index in [2.05, 4.69) is 6.92 Å². The summed E-state index contributed by atoms with van der Waals surface area (Å²) in [7, 11) is 1.85. The monoisotopic (exact) mass is 415 g/mol. The van der Waals surface area contributed by atoms with E-state index in [4.69, 9.17) is 4.74 Å². The van der Waals surface area contributed by atoms with Gasteiger partial charge < -0.3 is 14.9 Å². The zero-order valence-electron chi connectivity index (χ0n) is 18.1. The molecule has 0 amide bonds. The molecule has 6 heteroatoms. The summed E-state index contributed by atoms with van der Waals surface area (Å²) in [6.07, 6.45) is 7.33. The van der Waals surface area contributed by atoms with E-state index in [9.17, 15) is 19.8 Å². The maximum absolute atomic E-state index is 13.5. The van der Waals surface area contributed by atoms with Gasteiger partial charge in [-0.3, -0.25) is 14.5 Å². The molecular formula is C24H33NO5. The number of fused-ring (bicyclic) bond motifs is 5. The lowest BCUT2D eigenvalue weighted by atomic mass is 9.46. The molecule has 1 unspecified atom stereocenters. The highest BCUT2D eigenvalue weighted by molar-refractivity contribution is 6.01. The maximum Gasteiger partial charge on any atom is 0.208 e. The molecule has 1 saturated heterocycles. The van der Waals surface area contributed by atoms with Gasteiger partial charge in [-0.25, -0.2) is 0 Å². The second kappa shape index (κ2) is 6.58. The minimum atomic E-state index is -1.48. The number of carbonyl (C=O) groups excluding carboxylic acids is 2. The van der Waals surface area contributed by atoms with Gasteiger partial charge in [0.1, 0.15) is 5.60 Å². The molecular weight excluding hydrogens is 382 g/mol. The van der Waals surface area contributed by atoms with Crippen molar-refractivity contribution in [3.8, 4) is 0 Å². The van der Waals surface area contributed by atoms with Crippen LogP contribution in [0.15, 0.2) is 23.8 Å². The maximum atomic E-state index is 13.5. The number of aliphatic hydroxyl groups is 2. The first kappa shape index (κ1) is 20.6. The fourth-order valence-corrected chi connectivity index (χ4v) is 7.77. The van der Waals surface area contributed by atoms with Crippen molar-refractivity contribution in [2.24, 2.45) is 28.6 Å². The molecule has 0 radical (unpaired) electrons. The molecule has 0 aromatic rings. The standard InChI is InChI=1S/C24H33NO5/c1-22-8-6-15(26)12-14(22)4-5-16-17-7-9-24(29,20(28)21-25(3)10-11-30-21)23(17,2)13-18(27)19(16)22/h6,8,12,16-19,21,27,29H,4-5,7,9-11,13H2,1-3H3/t16-,17-,18-,19+,21?,22-,23-,24-/m0/s1. The molecule has 6 nitrogen and oxygen atoms in total. The van der Waals surface area contributed by atoms with Crippen LogP contribution in [0.2, 0.25) is 0 Å². The molecule has 0 spiro atoms. The van der Waals surface area contributed by atoms with Gasteiger partial charge in [-0.1, -0.05) is 25.5 Å². The zero-order chi connectivity index (χ0) is 21.5. The summed E-state index contributed by atoms with van der Waals surface area (Å²) in [5.74, 6) is 0.156. The third kappa shape index (κ3) is 2.51. The van der Waals surface area contributed by atoms with Gasteiger partial charge in [0.25, 0.3) is 0 Å². The Morgan fingerprint density at radius 1 is 1.30 bits per heavy atom. The Morgan fingerprint density at radius 3 is 2.77 bits per heavy atom. The molecule has 164 valence electrons. The summed E-state index contributed by atoms with van der Waals surface area (Å²) in [5, 5.41) is 23.2. The summed E-state index contributed by atoms with van der Waals surface area (Å²) in [5.41, 5.74) is -1.38. The van der Waals surface area contributed by atoms with E-state index in [-0.39, 0.29) is 34.7 Å². The second-order valence-corrected chi connectivity index (χ2v) is 10.7. The van der Waals surface area contributed by atoms with Crippen molar-refractivity contribution in [1.29, 1.82) is 0 Å². The quantitative estimate of drug-likeness (QED) is 0.716. The van der Waals surface area contributed by atoms with E-state index >= 15 is 0 Å². The zero-order valence-corrected chi connectivity index (χ0v) is 18.1. The Bertz CT molecular complexity index is 851. The Morgan fingerprint density at radius 2 is 2.07 bits per heavy atom. The summed E-state index contributed by atoms with van der Waals surface area (Å²) < 4.78 is 5.66. The number of allylic oxidation sites excluding steroid dienone is 4. The fourth-order valence-electron chi connectivity index (χ4n) is 7.77. The topological polar surface area (TPSA) is 87.1 Å². The lowest BCUT2D eigenvalue weighted by Crippen LogP contribution is -2.63. The van der Waals surface area contributed by atoms with Crippen LogP contribution >= 0.6 is 0 Å². The Labute approximate surface area is 178 Å². The van der Waals surface area contributed by atoms with Crippen LogP contribution in [-0.2, 0) is 14.3 Å². The number of ether oxygens (including phenoxy) is 1. The number of aliphatic hydroxyl groups excluding tert-OH is 1. The average molecular weight is 416 g/mol. The highest BCUT2D eigenvalue weighted by Crippen LogP contribution is 2.67. The minimum Gasteiger partial charge on any atom is -0.393 e. The highest BCUT2D eigenvalue weighted by Gasteiger charge is 2.69. The average Bonchev–Trinajstić information content (AvgIpc) is 3.23. The Kier molecular flexibility index (Phi) is 4.51. The third-order valence-electron chi connectivity index (χ3n) is 9.40. The molecule has 2 N–H and O–H groups in total. The van der Waals surface area contributed by atoms with Crippen molar-refractivity contribution in [3.63, 3.8) is 0 Å². The third-order valence-corrected chi connectivity index (χ3v) is 9.40. The molecule has 0 aromatic carbocycles. The van der Waals surface area contributed by atoms with Crippen LogP contribution in [-0.4, -0.2) is 64.8 Å². The number of likely N-dealkylation sites (N-methyl/N-ethyl adjacent to an activating group) is 1. The van der Waals surface area contributed by atoms with E-state index in [1.165, 1.54) is 0 Å². The molecule has 5 rings (SSSR count). The Balaban J connectivity index is 1.50. The van der Waals surface area contributed by atoms with Crippen LogP contribution in [0.25, 0.3) is 0 Å². The van der Waals surface area contributed by atoms with E-state index < -0.39 is 23.3 Å². The molecule has 1 heterocycles. The number of Topliss-reactive ketones (excluding diaryl/α,β-unsaturated/α-hetero) is 1. The molecule has 4 aliphatic carbocycles. The largest absolute Gasteiger partial charge is 0.393 e. The molecule has 0 aromatic heterocycles. The lowest BCUT2D eigenvalue weighted by molar-refractivity contribution is -0.186. The van der Waals surface area contributed by atoms with Crippen LogP contribution in [0.1, 0.15) is 46.0 Å². The van der Waals surface area contributed by atoms with Gasteiger partial charge in [-0.05, 0) is 63.1 Å². The first-order valence-electron chi connectivity index (χ1n) is 11.3. The number of hydrogen-bond donors (Lipinski definition) is 2. The minimum absolute atomic E-state index is 0.00258. The van der Waals surface area contributed by atoms with Crippen molar-refractivity contribution in [3.05, 3.63) is 23.8 Å². The van der Waals surface area contributed by atoms with Gasteiger partial charge in [0.15, 0.2) is 12.0 Å². The summed E-state index contributed by atoms with van der Waals surface area (Å²) in [6, 6.07) is 0. The van der Waals surface area contributed by atoms with Crippen molar-refractivity contribution >= 4 is 11.6 Å². The molecule has 30 heavy (non-hydrogen) atoms. The molecule has 0 bridgehead atoms. The summed E-state index contributed by atoms with van der Waals surface area (Å²) in [6.45, 7) is 5.32. The van der Waals surface area contributed by atoms with Crippen molar-refractivity contribution in [1.82, 2.24) is 4.90 Å². The van der Waals surface area contributed by atoms with Crippen LogP contribution < -0.4 is 0 Å². The van der Waals surface area contributed by atoms with Gasteiger partial charge in [-0.15, -0.1) is 0 Å². The van der Waals surface area contributed by atoms with E-state index in [0.717, 1.165) is 24.8 Å². The van der Waals surface area contributed by atoms with Gasteiger partial charge in [-0.2, -0.15) is 0 Å². The molecule has 8 atom stereocenters. The van der Waals surface area contributed by atoms with Gasteiger partial charge in [0, 0.05) is 23.3 Å². The molecule has 4 fully saturated rings. The smallest absolute Gasteiger partial charge is 0.208 e. The number of nitrogens with zero attached hydrogens (tertiary/aromatic N) is 1. The first-order valence-corrected chi connectivity index (χ1v) is 11.3. The van der Waals surface area contributed by atoms with Crippen molar-refractivity contribution in [2.75, 3.05) is 20.2 Å². The Hall–Kier alpha value is -1.34. The number of carbonyl (C=O) groups is 2. The van der Waals surface area contributed by atoms with Crippen LogP contribution in [0.3, 0.4) is 0 Å². The fraction of sp³-hybridized carbons (Fsp3) is 0.750. The second-order valence-electron chi connectivity index (χ2n) is 10.7. The van der Waals surface area contributed by atoms with E-state index in [1.54, 1.807) is 12.2 Å². The molecule has 5 aliphatic rings. The van der Waals surface area contributed by atoms with Gasteiger partial charge in [0.05, 0.1) is 12.7 Å². The lowest BCUT2D eigenvalue weighted by Gasteiger charge is -2.59. The molecule has 1 aliphatic heterocycles. The first-order chi connectivity index (χ1) is 14.1. The summed E-state index contributed by atoms with van der Waals surface area (Å²) >= 11 is 0. The van der Waals surface area contributed by atoms with E-state index in [1.807, 2.05) is 24.9 Å². The van der Waals surface area contributed by atoms with Crippen molar-refractivity contribution < 1.29 is 24.5 Å². The van der Waals surface area contributed by atoms with Crippen LogP contribution in [0.4, 0.5) is 0 Å². The molecule has 3 saturated carbocycles.